The molecule has 1 aromatic rings. The van der Waals surface area contributed by atoms with E-state index < -0.39 is 11.9 Å². The molecule has 1 unspecified atom stereocenters. The number of carboxylic acids is 1. The number of rotatable bonds is 5. The Morgan fingerprint density at radius 2 is 2.06 bits per heavy atom. The minimum absolute atomic E-state index is 0.0440. The molecule has 0 radical (unpaired) electrons. The van der Waals surface area contributed by atoms with Gasteiger partial charge in [0, 0.05) is 18.7 Å². The Hall–Kier alpha value is -1.59. The van der Waals surface area contributed by atoms with E-state index in [0.29, 0.717) is 12.1 Å². The molecule has 18 heavy (non-hydrogen) atoms. The van der Waals surface area contributed by atoms with Crippen LogP contribution < -0.4 is 5.73 Å². The zero-order valence-electron chi connectivity index (χ0n) is 11.0. The molecule has 1 atom stereocenters. The summed E-state index contributed by atoms with van der Waals surface area (Å²) in [5, 5.41) is 19.0. The molecule has 0 aliphatic rings. The SMILES string of the molecule is Cc1c(C(CN)C(=O)O)ccc(O)c1CN(C)C. The Balaban J connectivity index is 3.26. The molecule has 0 aromatic heterocycles. The molecule has 0 bridgehead atoms. The Morgan fingerprint density at radius 3 is 2.50 bits per heavy atom. The van der Waals surface area contributed by atoms with Crippen molar-refractivity contribution in [2.75, 3.05) is 20.6 Å². The van der Waals surface area contributed by atoms with Crippen LogP contribution in [0.3, 0.4) is 0 Å². The second-order valence-corrected chi connectivity index (χ2v) is 4.64. The quantitative estimate of drug-likeness (QED) is 0.724. The molecule has 0 amide bonds. The molecule has 0 fully saturated rings. The average molecular weight is 252 g/mol. The van der Waals surface area contributed by atoms with E-state index in [1.54, 1.807) is 6.07 Å². The van der Waals surface area contributed by atoms with Gasteiger partial charge < -0.3 is 20.8 Å². The van der Waals surface area contributed by atoms with Gasteiger partial charge in [-0.05, 0) is 38.2 Å². The first-order chi connectivity index (χ1) is 8.38. The van der Waals surface area contributed by atoms with Crippen LogP contribution in [-0.4, -0.2) is 41.7 Å². The van der Waals surface area contributed by atoms with Gasteiger partial charge in [0.05, 0.1) is 5.92 Å². The van der Waals surface area contributed by atoms with E-state index in [0.717, 1.165) is 11.1 Å². The number of aliphatic carboxylic acids is 1. The number of benzene rings is 1. The van der Waals surface area contributed by atoms with Crippen LogP contribution in [0.25, 0.3) is 0 Å². The first kappa shape index (κ1) is 14.5. The summed E-state index contributed by atoms with van der Waals surface area (Å²) in [6.45, 7) is 2.42. The number of carboxylic acid groups (broad SMARTS) is 1. The molecular formula is C13H20N2O3. The van der Waals surface area contributed by atoms with Gasteiger partial charge in [0.2, 0.25) is 0 Å². The van der Waals surface area contributed by atoms with Gasteiger partial charge in [0.1, 0.15) is 5.75 Å². The second kappa shape index (κ2) is 5.84. The van der Waals surface area contributed by atoms with Crippen LogP contribution in [0.4, 0.5) is 0 Å². The van der Waals surface area contributed by atoms with Crippen LogP contribution in [-0.2, 0) is 11.3 Å². The van der Waals surface area contributed by atoms with E-state index in [1.165, 1.54) is 6.07 Å². The lowest BCUT2D eigenvalue weighted by molar-refractivity contribution is -0.138. The van der Waals surface area contributed by atoms with E-state index >= 15 is 0 Å². The third-order valence-corrected chi connectivity index (χ3v) is 3.00. The number of nitrogens with two attached hydrogens (primary N) is 1. The molecular weight excluding hydrogens is 232 g/mol. The highest BCUT2D eigenvalue weighted by atomic mass is 16.4. The van der Waals surface area contributed by atoms with Crippen molar-refractivity contribution in [3.63, 3.8) is 0 Å². The number of phenolic OH excluding ortho intramolecular Hbond substituents is 1. The van der Waals surface area contributed by atoms with Gasteiger partial charge in [-0.2, -0.15) is 0 Å². The minimum Gasteiger partial charge on any atom is -0.508 e. The highest BCUT2D eigenvalue weighted by Gasteiger charge is 2.22. The molecule has 5 heteroatoms. The predicted molar refractivity (Wildman–Crippen MR) is 69.7 cm³/mol. The van der Waals surface area contributed by atoms with Gasteiger partial charge in [0.15, 0.2) is 0 Å². The first-order valence-corrected chi connectivity index (χ1v) is 5.77. The second-order valence-electron chi connectivity index (χ2n) is 4.64. The molecule has 0 aliphatic carbocycles. The minimum atomic E-state index is -0.943. The summed E-state index contributed by atoms with van der Waals surface area (Å²) in [5.41, 5.74) is 7.72. The molecule has 1 aromatic carbocycles. The highest BCUT2D eigenvalue weighted by molar-refractivity contribution is 5.77. The molecule has 0 aliphatic heterocycles. The lowest BCUT2D eigenvalue weighted by Gasteiger charge is -2.19. The number of carbonyl (C=O) groups is 1. The van der Waals surface area contributed by atoms with Gasteiger partial charge in [-0.25, -0.2) is 0 Å². The molecule has 0 saturated heterocycles. The lowest BCUT2D eigenvalue weighted by Crippen LogP contribution is -2.23. The van der Waals surface area contributed by atoms with Crippen molar-refractivity contribution in [2.45, 2.75) is 19.4 Å². The third-order valence-electron chi connectivity index (χ3n) is 3.00. The fourth-order valence-electron chi connectivity index (χ4n) is 2.01. The van der Waals surface area contributed by atoms with E-state index in [4.69, 9.17) is 10.8 Å². The summed E-state index contributed by atoms with van der Waals surface area (Å²) in [6, 6.07) is 3.17. The van der Waals surface area contributed by atoms with Crippen molar-refractivity contribution in [3.8, 4) is 5.75 Å². The predicted octanol–water partition coefficient (Wildman–Crippen LogP) is 0.889. The standard InChI is InChI=1S/C13H20N2O3/c1-8-9(10(6-14)13(17)18)4-5-12(16)11(8)7-15(2)3/h4-5,10,16H,6-7,14H2,1-3H3,(H,17,18). The van der Waals surface area contributed by atoms with Crippen LogP contribution in [0, 0.1) is 6.92 Å². The fourth-order valence-corrected chi connectivity index (χ4v) is 2.01. The smallest absolute Gasteiger partial charge is 0.312 e. The maximum Gasteiger partial charge on any atom is 0.312 e. The van der Waals surface area contributed by atoms with Crippen LogP contribution in [0.15, 0.2) is 12.1 Å². The van der Waals surface area contributed by atoms with Gasteiger partial charge in [0.25, 0.3) is 0 Å². The topological polar surface area (TPSA) is 86.8 Å². The Kier molecular flexibility index (Phi) is 4.69. The van der Waals surface area contributed by atoms with Gasteiger partial charge in [-0.1, -0.05) is 6.07 Å². The molecule has 0 heterocycles. The number of phenols is 1. The van der Waals surface area contributed by atoms with E-state index in [9.17, 15) is 9.90 Å². The molecule has 0 spiro atoms. The van der Waals surface area contributed by atoms with Crippen molar-refractivity contribution in [1.29, 1.82) is 0 Å². The third kappa shape index (κ3) is 3.00. The van der Waals surface area contributed by atoms with Crippen LogP contribution >= 0.6 is 0 Å². The number of aromatic hydroxyl groups is 1. The number of hydrogen-bond donors (Lipinski definition) is 3. The Bertz CT molecular complexity index is 444. The number of nitrogens with zero attached hydrogens (tertiary/aromatic N) is 1. The van der Waals surface area contributed by atoms with E-state index in [-0.39, 0.29) is 12.3 Å². The highest BCUT2D eigenvalue weighted by Crippen LogP contribution is 2.29. The Labute approximate surface area is 107 Å². The van der Waals surface area contributed by atoms with Crippen LogP contribution in [0.2, 0.25) is 0 Å². The monoisotopic (exact) mass is 252 g/mol. The summed E-state index contributed by atoms with van der Waals surface area (Å²) in [4.78, 5) is 13.1. The summed E-state index contributed by atoms with van der Waals surface area (Å²) in [6.07, 6.45) is 0. The lowest BCUT2D eigenvalue weighted by atomic mass is 9.91. The largest absolute Gasteiger partial charge is 0.508 e. The van der Waals surface area contributed by atoms with Gasteiger partial charge >= 0.3 is 5.97 Å². The summed E-state index contributed by atoms with van der Waals surface area (Å²) in [5.74, 6) is -1.49. The maximum atomic E-state index is 11.1. The molecule has 5 nitrogen and oxygen atoms in total. The van der Waals surface area contributed by atoms with Gasteiger partial charge in [-0.3, -0.25) is 4.79 Å². The van der Waals surface area contributed by atoms with Crippen LogP contribution in [0.1, 0.15) is 22.6 Å². The zero-order valence-corrected chi connectivity index (χ0v) is 11.0. The average Bonchev–Trinajstić information content (AvgIpc) is 2.27. The zero-order chi connectivity index (χ0) is 13.9. The summed E-state index contributed by atoms with van der Waals surface area (Å²) < 4.78 is 0. The van der Waals surface area contributed by atoms with Crippen LogP contribution in [0.5, 0.6) is 5.75 Å². The molecule has 4 N–H and O–H groups in total. The van der Waals surface area contributed by atoms with E-state index in [2.05, 4.69) is 0 Å². The normalized spacial score (nSPS) is 12.7. The molecule has 100 valence electrons. The first-order valence-electron chi connectivity index (χ1n) is 5.77. The molecule has 0 saturated carbocycles. The van der Waals surface area contributed by atoms with Crippen molar-refractivity contribution in [2.24, 2.45) is 5.73 Å². The fraction of sp³-hybridized carbons (Fsp3) is 0.462. The molecule has 1 rings (SSSR count). The van der Waals surface area contributed by atoms with Gasteiger partial charge in [-0.15, -0.1) is 0 Å². The van der Waals surface area contributed by atoms with Crippen molar-refractivity contribution < 1.29 is 15.0 Å². The van der Waals surface area contributed by atoms with E-state index in [1.807, 2.05) is 25.9 Å². The summed E-state index contributed by atoms with van der Waals surface area (Å²) >= 11 is 0. The van der Waals surface area contributed by atoms with Crippen molar-refractivity contribution in [1.82, 2.24) is 4.90 Å². The summed E-state index contributed by atoms with van der Waals surface area (Å²) in [7, 11) is 3.78. The van der Waals surface area contributed by atoms with Crippen molar-refractivity contribution in [3.05, 3.63) is 28.8 Å². The Morgan fingerprint density at radius 1 is 1.44 bits per heavy atom. The maximum absolute atomic E-state index is 11.1. The number of hydrogen-bond acceptors (Lipinski definition) is 4. The van der Waals surface area contributed by atoms with Crippen molar-refractivity contribution >= 4 is 5.97 Å².